The molecule has 5 nitrogen and oxygen atoms in total. The zero-order valence-electron chi connectivity index (χ0n) is 10.9. The van der Waals surface area contributed by atoms with E-state index < -0.39 is 0 Å². The number of anilines is 1. The van der Waals surface area contributed by atoms with Gasteiger partial charge >= 0.3 is 0 Å². The van der Waals surface area contributed by atoms with Crippen LogP contribution in [-0.4, -0.2) is 33.2 Å². The third kappa shape index (κ3) is 2.26. The minimum absolute atomic E-state index is 0.0246. The molecule has 1 aliphatic rings. The maximum atomic E-state index is 11.9. The molecule has 0 atom stereocenters. The van der Waals surface area contributed by atoms with E-state index in [2.05, 4.69) is 10.6 Å². The van der Waals surface area contributed by atoms with Gasteiger partial charge in [-0.15, -0.1) is 0 Å². The van der Waals surface area contributed by atoms with Crippen molar-refractivity contribution in [3.8, 4) is 11.5 Å². The Balaban J connectivity index is 2.21. The van der Waals surface area contributed by atoms with Gasteiger partial charge in [0.15, 0.2) is 0 Å². The minimum atomic E-state index is 0.0246. The van der Waals surface area contributed by atoms with Crippen LogP contribution in [0.2, 0.25) is 0 Å². The van der Waals surface area contributed by atoms with Gasteiger partial charge < -0.3 is 20.1 Å². The molecule has 18 heavy (non-hydrogen) atoms. The van der Waals surface area contributed by atoms with Gasteiger partial charge in [-0.3, -0.25) is 4.79 Å². The molecule has 98 valence electrons. The largest absolute Gasteiger partial charge is 0.496 e. The average molecular weight is 250 g/mol. The monoisotopic (exact) mass is 250 g/mol. The SMILES string of the molecule is COc1ccc(NC(=O)C2CNC2)c(OC)c1C. The van der Waals surface area contributed by atoms with Gasteiger partial charge in [-0.2, -0.15) is 0 Å². The molecule has 1 aliphatic heterocycles. The minimum Gasteiger partial charge on any atom is -0.496 e. The Morgan fingerprint density at radius 2 is 2.06 bits per heavy atom. The Bertz CT molecular complexity index is 456. The lowest BCUT2D eigenvalue weighted by Crippen LogP contribution is -2.48. The summed E-state index contributed by atoms with van der Waals surface area (Å²) in [7, 11) is 3.20. The van der Waals surface area contributed by atoms with E-state index in [1.807, 2.05) is 13.0 Å². The Labute approximate surface area is 106 Å². The Morgan fingerprint density at radius 1 is 1.33 bits per heavy atom. The number of amides is 1. The highest BCUT2D eigenvalue weighted by Gasteiger charge is 2.25. The number of hydrogen-bond acceptors (Lipinski definition) is 4. The molecule has 0 unspecified atom stereocenters. The van der Waals surface area contributed by atoms with Crippen LogP contribution in [0.3, 0.4) is 0 Å². The Kier molecular flexibility index (Phi) is 3.72. The van der Waals surface area contributed by atoms with E-state index in [0.29, 0.717) is 11.4 Å². The molecular formula is C13H18N2O3. The molecule has 0 aliphatic carbocycles. The lowest BCUT2D eigenvalue weighted by atomic mass is 10.0. The lowest BCUT2D eigenvalue weighted by Gasteiger charge is -2.26. The first kappa shape index (κ1) is 12.7. The van der Waals surface area contributed by atoms with Gasteiger partial charge in [0.25, 0.3) is 0 Å². The topological polar surface area (TPSA) is 59.6 Å². The predicted octanol–water partition coefficient (Wildman–Crippen LogP) is 1.17. The number of rotatable bonds is 4. The summed E-state index contributed by atoms with van der Waals surface area (Å²) < 4.78 is 10.6. The van der Waals surface area contributed by atoms with Crippen molar-refractivity contribution in [2.24, 2.45) is 5.92 Å². The fourth-order valence-electron chi connectivity index (χ4n) is 1.97. The van der Waals surface area contributed by atoms with Crippen LogP contribution in [0.4, 0.5) is 5.69 Å². The van der Waals surface area contributed by atoms with Crippen molar-refractivity contribution in [1.82, 2.24) is 5.32 Å². The fraction of sp³-hybridized carbons (Fsp3) is 0.462. The van der Waals surface area contributed by atoms with Crippen molar-refractivity contribution in [3.63, 3.8) is 0 Å². The van der Waals surface area contributed by atoms with Gasteiger partial charge in [-0.05, 0) is 19.1 Å². The smallest absolute Gasteiger partial charge is 0.230 e. The Hall–Kier alpha value is -1.75. The second kappa shape index (κ2) is 5.27. The summed E-state index contributed by atoms with van der Waals surface area (Å²) in [6, 6.07) is 3.63. The van der Waals surface area contributed by atoms with E-state index in [9.17, 15) is 4.79 Å². The van der Waals surface area contributed by atoms with E-state index in [0.717, 1.165) is 24.4 Å². The van der Waals surface area contributed by atoms with E-state index in [1.54, 1.807) is 20.3 Å². The third-order valence-corrected chi connectivity index (χ3v) is 3.19. The number of nitrogens with one attached hydrogen (secondary N) is 2. The molecule has 0 radical (unpaired) electrons. The highest BCUT2D eigenvalue weighted by molar-refractivity contribution is 5.95. The van der Waals surface area contributed by atoms with Crippen molar-refractivity contribution in [3.05, 3.63) is 17.7 Å². The van der Waals surface area contributed by atoms with Gasteiger partial charge in [0.05, 0.1) is 25.8 Å². The zero-order valence-corrected chi connectivity index (χ0v) is 10.9. The van der Waals surface area contributed by atoms with Crippen molar-refractivity contribution in [2.75, 3.05) is 32.6 Å². The molecule has 2 rings (SSSR count). The normalized spacial score (nSPS) is 14.8. The van der Waals surface area contributed by atoms with Gasteiger partial charge in [-0.25, -0.2) is 0 Å². The molecule has 1 aromatic carbocycles. The van der Waals surface area contributed by atoms with Gasteiger partial charge in [-0.1, -0.05) is 0 Å². The number of carbonyl (C=O) groups excluding carboxylic acids is 1. The zero-order chi connectivity index (χ0) is 13.1. The summed E-state index contributed by atoms with van der Waals surface area (Å²) >= 11 is 0. The van der Waals surface area contributed by atoms with E-state index >= 15 is 0 Å². The molecule has 0 aromatic heterocycles. The summed E-state index contributed by atoms with van der Waals surface area (Å²) in [5, 5.41) is 5.97. The second-order valence-corrected chi connectivity index (χ2v) is 4.32. The summed E-state index contributed by atoms with van der Waals surface area (Å²) in [4.78, 5) is 11.9. The molecule has 1 saturated heterocycles. The van der Waals surface area contributed by atoms with Crippen LogP contribution in [0.5, 0.6) is 11.5 Å². The maximum absolute atomic E-state index is 11.9. The predicted molar refractivity (Wildman–Crippen MR) is 69.3 cm³/mol. The lowest BCUT2D eigenvalue weighted by molar-refractivity contribution is -0.121. The first-order valence-corrected chi connectivity index (χ1v) is 5.90. The number of hydrogen-bond donors (Lipinski definition) is 2. The molecule has 1 heterocycles. The molecule has 0 spiro atoms. The fourth-order valence-corrected chi connectivity index (χ4v) is 1.97. The van der Waals surface area contributed by atoms with Crippen LogP contribution in [0.25, 0.3) is 0 Å². The second-order valence-electron chi connectivity index (χ2n) is 4.32. The number of methoxy groups -OCH3 is 2. The highest BCUT2D eigenvalue weighted by Crippen LogP contribution is 2.35. The summed E-state index contributed by atoms with van der Waals surface area (Å²) in [5.74, 6) is 1.47. The van der Waals surface area contributed by atoms with Gasteiger partial charge in [0, 0.05) is 18.7 Å². The van der Waals surface area contributed by atoms with E-state index in [-0.39, 0.29) is 11.8 Å². The van der Waals surface area contributed by atoms with Crippen LogP contribution in [0, 0.1) is 12.8 Å². The molecule has 0 saturated carbocycles. The Morgan fingerprint density at radius 3 is 2.56 bits per heavy atom. The first-order chi connectivity index (χ1) is 8.67. The van der Waals surface area contributed by atoms with Crippen molar-refractivity contribution in [2.45, 2.75) is 6.92 Å². The standard InChI is InChI=1S/C13H18N2O3/c1-8-11(17-2)5-4-10(12(8)18-3)15-13(16)9-6-14-7-9/h4-5,9,14H,6-7H2,1-3H3,(H,15,16). The van der Waals surface area contributed by atoms with Crippen LogP contribution in [0.1, 0.15) is 5.56 Å². The molecule has 1 fully saturated rings. The summed E-state index contributed by atoms with van der Waals surface area (Å²) in [6.07, 6.45) is 0. The van der Waals surface area contributed by atoms with Crippen LogP contribution < -0.4 is 20.1 Å². The van der Waals surface area contributed by atoms with Crippen molar-refractivity contribution in [1.29, 1.82) is 0 Å². The summed E-state index contributed by atoms with van der Waals surface area (Å²) in [6.45, 7) is 3.38. The number of carbonyl (C=O) groups is 1. The van der Waals surface area contributed by atoms with Crippen LogP contribution in [0.15, 0.2) is 12.1 Å². The summed E-state index contributed by atoms with van der Waals surface area (Å²) in [5.41, 5.74) is 1.57. The molecule has 2 N–H and O–H groups in total. The van der Waals surface area contributed by atoms with E-state index in [1.165, 1.54) is 0 Å². The van der Waals surface area contributed by atoms with Crippen molar-refractivity contribution < 1.29 is 14.3 Å². The maximum Gasteiger partial charge on any atom is 0.230 e. The molecule has 1 amide bonds. The molecule has 5 heteroatoms. The number of ether oxygens (including phenoxy) is 2. The van der Waals surface area contributed by atoms with Gasteiger partial charge in [0.2, 0.25) is 5.91 Å². The first-order valence-electron chi connectivity index (χ1n) is 5.90. The molecule has 1 aromatic rings. The molecule has 0 bridgehead atoms. The average Bonchev–Trinajstić information content (AvgIpc) is 2.27. The quantitative estimate of drug-likeness (QED) is 0.842. The van der Waals surface area contributed by atoms with Crippen molar-refractivity contribution >= 4 is 11.6 Å². The van der Waals surface area contributed by atoms with Gasteiger partial charge in [0.1, 0.15) is 11.5 Å². The third-order valence-electron chi connectivity index (χ3n) is 3.19. The van der Waals surface area contributed by atoms with Crippen LogP contribution in [-0.2, 0) is 4.79 Å². The van der Waals surface area contributed by atoms with Crippen LogP contribution >= 0.6 is 0 Å². The molecular weight excluding hydrogens is 232 g/mol. The number of benzene rings is 1. The highest BCUT2D eigenvalue weighted by atomic mass is 16.5. The van der Waals surface area contributed by atoms with E-state index in [4.69, 9.17) is 9.47 Å².